The summed E-state index contributed by atoms with van der Waals surface area (Å²) in [6.45, 7) is 0.910. The summed E-state index contributed by atoms with van der Waals surface area (Å²) in [4.78, 5) is 25.3. The number of likely N-dealkylation sites (tertiary alicyclic amines) is 1. The van der Waals surface area contributed by atoms with Gasteiger partial charge in [0, 0.05) is 24.7 Å². The largest absolute Gasteiger partial charge is 0.396 e. The Balaban J connectivity index is 1.97. The van der Waals surface area contributed by atoms with E-state index >= 15 is 0 Å². The van der Waals surface area contributed by atoms with Crippen molar-refractivity contribution < 1.29 is 19.1 Å². The fraction of sp³-hybridized carbons (Fsp3) is 0.429. The van der Waals surface area contributed by atoms with Crippen LogP contribution in [0, 0.1) is 11.7 Å². The second-order valence-corrected chi connectivity index (χ2v) is 5.43. The van der Waals surface area contributed by atoms with Crippen LogP contribution in [-0.4, -0.2) is 41.5 Å². The van der Waals surface area contributed by atoms with Crippen molar-refractivity contribution in [2.45, 2.75) is 12.8 Å². The molecule has 1 fully saturated rings. The van der Waals surface area contributed by atoms with E-state index in [1.807, 2.05) is 0 Å². The zero-order valence-electron chi connectivity index (χ0n) is 11.3. The zero-order chi connectivity index (χ0) is 15.4. The monoisotopic (exact) mass is 314 g/mol. The number of halogens is 2. The van der Waals surface area contributed by atoms with Crippen molar-refractivity contribution in [3.05, 3.63) is 29.0 Å². The number of nitrogens with zero attached hydrogens (tertiary/aromatic N) is 1. The fourth-order valence-electron chi connectivity index (χ4n) is 2.23. The molecule has 2 amide bonds. The van der Waals surface area contributed by atoms with Crippen molar-refractivity contribution in [3.63, 3.8) is 0 Å². The van der Waals surface area contributed by atoms with Gasteiger partial charge >= 0.3 is 11.8 Å². The fourth-order valence-corrected chi connectivity index (χ4v) is 2.40. The molecule has 0 spiro atoms. The molecule has 1 heterocycles. The average Bonchev–Trinajstić information content (AvgIpc) is 2.50. The van der Waals surface area contributed by atoms with Crippen LogP contribution < -0.4 is 5.32 Å². The van der Waals surface area contributed by atoms with Gasteiger partial charge in [0.2, 0.25) is 0 Å². The smallest absolute Gasteiger partial charge is 0.313 e. The topological polar surface area (TPSA) is 69.6 Å². The molecule has 0 aliphatic carbocycles. The first-order valence-electron chi connectivity index (χ1n) is 6.67. The number of benzene rings is 1. The molecule has 1 aromatic carbocycles. The Morgan fingerprint density at radius 3 is 2.67 bits per heavy atom. The summed E-state index contributed by atoms with van der Waals surface area (Å²) in [5.74, 6) is -2.08. The molecule has 0 atom stereocenters. The Bertz CT molecular complexity index is 545. The highest BCUT2D eigenvalue weighted by atomic mass is 35.5. The van der Waals surface area contributed by atoms with Crippen LogP contribution in [0.1, 0.15) is 12.8 Å². The summed E-state index contributed by atoms with van der Waals surface area (Å²) in [7, 11) is 0. The maximum atomic E-state index is 13.5. The van der Waals surface area contributed by atoms with Crippen molar-refractivity contribution in [3.8, 4) is 0 Å². The second-order valence-electron chi connectivity index (χ2n) is 5.00. The second kappa shape index (κ2) is 6.87. The van der Waals surface area contributed by atoms with Crippen molar-refractivity contribution >= 4 is 29.1 Å². The number of hydrogen-bond acceptors (Lipinski definition) is 3. The van der Waals surface area contributed by atoms with Gasteiger partial charge in [-0.2, -0.15) is 0 Å². The molecule has 0 bridgehead atoms. The van der Waals surface area contributed by atoms with E-state index in [4.69, 9.17) is 16.7 Å². The Labute approximate surface area is 126 Å². The number of aliphatic hydroxyl groups excluding tert-OH is 1. The molecule has 7 heteroatoms. The summed E-state index contributed by atoms with van der Waals surface area (Å²) in [6, 6.07) is 3.73. The summed E-state index contributed by atoms with van der Waals surface area (Å²) in [5, 5.41) is 11.5. The lowest BCUT2D eigenvalue weighted by Gasteiger charge is -2.30. The maximum absolute atomic E-state index is 13.5. The molecule has 114 valence electrons. The highest BCUT2D eigenvalue weighted by molar-refractivity contribution is 6.39. The van der Waals surface area contributed by atoms with Gasteiger partial charge in [0.15, 0.2) is 0 Å². The van der Waals surface area contributed by atoms with E-state index in [0.29, 0.717) is 25.9 Å². The van der Waals surface area contributed by atoms with Crippen molar-refractivity contribution in [1.82, 2.24) is 4.90 Å². The minimum atomic E-state index is -0.890. The molecule has 1 saturated heterocycles. The minimum absolute atomic E-state index is 0.0853. The molecular weight excluding hydrogens is 299 g/mol. The lowest BCUT2D eigenvalue weighted by Crippen LogP contribution is -2.44. The molecule has 2 N–H and O–H groups in total. The van der Waals surface area contributed by atoms with Crippen LogP contribution in [0.4, 0.5) is 10.1 Å². The van der Waals surface area contributed by atoms with Crippen LogP contribution in [0.15, 0.2) is 18.2 Å². The quantitative estimate of drug-likeness (QED) is 0.816. The average molecular weight is 315 g/mol. The third-order valence-corrected chi connectivity index (χ3v) is 3.77. The third-order valence-electron chi connectivity index (χ3n) is 3.53. The van der Waals surface area contributed by atoms with E-state index in [1.54, 1.807) is 0 Å². The van der Waals surface area contributed by atoms with Crippen LogP contribution in [0.3, 0.4) is 0 Å². The lowest BCUT2D eigenvalue weighted by atomic mass is 9.98. The minimum Gasteiger partial charge on any atom is -0.396 e. The van der Waals surface area contributed by atoms with E-state index in [-0.39, 0.29) is 23.2 Å². The van der Waals surface area contributed by atoms with E-state index in [2.05, 4.69) is 5.32 Å². The number of amides is 2. The molecular formula is C14H16ClFN2O3. The summed E-state index contributed by atoms with van der Waals surface area (Å²) in [5.41, 5.74) is -0.119. The first-order valence-corrected chi connectivity index (χ1v) is 7.05. The van der Waals surface area contributed by atoms with Gasteiger partial charge in [-0.05, 0) is 37.0 Å². The molecule has 0 unspecified atom stereocenters. The lowest BCUT2D eigenvalue weighted by molar-refractivity contribution is -0.144. The zero-order valence-corrected chi connectivity index (χ0v) is 12.1. The Morgan fingerprint density at radius 1 is 1.38 bits per heavy atom. The Kier molecular flexibility index (Phi) is 5.14. The number of hydrogen-bond donors (Lipinski definition) is 2. The molecule has 0 saturated carbocycles. The van der Waals surface area contributed by atoms with E-state index in [0.717, 1.165) is 6.07 Å². The van der Waals surface area contributed by atoms with Crippen molar-refractivity contribution in [2.75, 3.05) is 25.0 Å². The predicted molar refractivity (Wildman–Crippen MR) is 76.4 cm³/mol. The van der Waals surface area contributed by atoms with Gasteiger partial charge in [0.05, 0.1) is 5.69 Å². The van der Waals surface area contributed by atoms with Gasteiger partial charge < -0.3 is 15.3 Å². The molecule has 21 heavy (non-hydrogen) atoms. The van der Waals surface area contributed by atoms with Crippen LogP contribution in [0.2, 0.25) is 5.02 Å². The van der Waals surface area contributed by atoms with Crippen molar-refractivity contribution in [1.29, 1.82) is 0 Å². The number of anilines is 1. The summed E-state index contributed by atoms with van der Waals surface area (Å²) < 4.78 is 13.5. The van der Waals surface area contributed by atoms with Gasteiger partial charge in [0.25, 0.3) is 0 Å². The molecule has 0 aromatic heterocycles. The number of carbonyl (C=O) groups excluding carboxylic acids is 2. The SMILES string of the molecule is O=C(Nc1cc(Cl)ccc1F)C(=O)N1CCC(CO)CC1. The first kappa shape index (κ1) is 15.7. The van der Waals surface area contributed by atoms with Crippen molar-refractivity contribution in [2.24, 2.45) is 5.92 Å². The van der Waals surface area contributed by atoms with E-state index < -0.39 is 17.6 Å². The number of nitrogens with one attached hydrogen (secondary N) is 1. The highest BCUT2D eigenvalue weighted by Crippen LogP contribution is 2.20. The number of carbonyl (C=O) groups is 2. The predicted octanol–water partition coefficient (Wildman–Crippen LogP) is 1.65. The maximum Gasteiger partial charge on any atom is 0.313 e. The molecule has 0 radical (unpaired) electrons. The van der Waals surface area contributed by atoms with Gasteiger partial charge in [0.1, 0.15) is 5.82 Å². The van der Waals surface area contributed by atoms with Crippen LogP contribution in [0.5, 0.6) is 0 Å². The molecule has 2 rings (SSSR count). The van der Waals surface area contributed by atoms with Crippen LogP contribution in [0.25, 0.3) is 0 Å². The number of rotatable bonds is 2. The number of piperidine rings is 1. The third kappa shape index (κ3) is 3.92. The van der Waals surface area contributed by atoms with Crippen LogP contribution in [-0.2, 0) is 9.59 Å². The normalized spacial score (nSPS) is 15.9. The highest BCUT2D eigenvalue weighted by Gasteiger charge is 2.27. The Hall–Kier alpha value is -1.66. The van der Waals surface area contributed by atoms with E-state index in [1.165, 1.54) is 17.0 Å². The molecule has 1 aromatic rings. The van der Waals surface area contributed by atoms with Gasteiger partial charge in [-0.1, -0.05) is 11.6 Å². The first-order chi connectivity index (χ1) is 10.0. The van der Waals surface area contributed by atoms with Gasteiger partial charge in [-0.15, -0.1) is 0 Å². The molecule has 5 nitrogen and oxygen atoms in total. The Morgan fingerprint density at radius 2 is 2.05 bits per heavy atom. The van der Waals surface area contributed by atoms with Gasteiger partial charge in [-0.3, -0.25) is 9.59 Å². The number of aliphatic hydroxyl groups is 1. The van der Waals surface area contributed by atoms with E-state index in [9.17, 15) is 14.0 Å². The van der Waals surface area contributed by atoms with Crippen LogP contribution >= 0.6 is 11.6 Å². The van der Waals surface area contributed by atoms with Gasteiger partial charge in [-0.25, -0.2) is 4.39 Å². The molecule has 1 aliphatic rings. The summed E-state index contributed by atoms with van der Waals surface area (Å²) >= 11 is 5.72. The summed E-state index contributed by atoms with van der Waals surface area (Å²) in [6.07, 6.45) is 1.31. The molecule has 1 aliphatic heterocycles. The standard InChI is InChI=1S/C14H16ClFN2O3/c15-10-1-2-11(16)12(7-10)17-13(20)14(21)18-5-3-9(8-19)4-6-18/h1-2,7,9,19H,3-6,8H2,(H,17,20).